The van der Waals surface area contributed by atoms with Crippen molar-refractivity contribution in [3.8, 4) is 0 Å². The first-order valence-electron chi connectivity index (χ1n) is 9.15. The molecule has 0 saturated carbocycles. The molecule has 0 heterocycles. The molecule has 1 unspecified atom stereocenters. The Morgan fingerprint density at radius 3 is 2.48 bits per heavy atom. The summed E-state index contributed by atoms with van der Waals surface area (Å²) >= 11 is 17.2. The topological polar surface area (TPSA) is 49.4 Å². The first-order valence-corrected chi connectivity index (χ1v) is 11.9. The lowest BCUT2D eigenvalue weighted by atomic mass is 10.1. The van der Waals surface area contributed by atoms with Crippen LogP contribution in [0.15, 0.2) is 46.9 Å². The van der Waals surface area contributed by atoms with Crippen molar-refractivity contribution in [3.05, 3.63) is 68.1 Å². The van der Waals surface area contributed by atoms with E-state index in [1.807, 2.05) is 31.2 Å². The number of thioether (sulfide) groups is 1. The fourth-order valence-corrected chi connectivity index (χ4v) is 4.26. The van der Waals surface area contributed by atoms with Gasteiger partial charge in [-0.3, -0.25) is 9.59 Å². The number of carbonyl (C=O) groups excluding carboxylic acids is 2. The molecule has 2 aromatic rings. The SMILES string of the molecule is CCNC(=O)C(C)N(Cc1ccc(Cl)cc1Cl)C(=O)CSCc1ccc(Br)cc1. The number of nitrogens with one attached hydrogen (secondary N) is 1. The van der Waals surface area contributed by atoms with Gasteiger partial charge >= 0.3 is 0 Å². The summed E-state index contributed by atoms with van der Waals surface area (Å²) in [5, 5.41) is 3.78. The molecule has 0 aliphatic heterocycles. The number of halogens is 3. The highest BCUT2D eigenvalue weighted by atomic mass is 79.9. The molecular formula is C21H23BrCl2N2O2S. The summed E-state index contributed by atoms with van der Waals surface area (Å²) in [4.78, 5) is 26.9. The number of rotatable bonds is 9. The van der Waals surface area contributed by atoms with Crippen LogP contribution in [-0.2, 0) is 21.9 Å². The standard InChI is InChI=1S/C21H23BrCl2N2O2S/c1-3-25-21(28)14(2)26(11-16-6-9-18(23)10-19(16)24)20(27)13-29-12-15-4-7-17(22)8-5-15/h4-10,14H,3,11-13H2,1-2H3,(H,25,28). The van der Waals surface area contributed by atoms with E-state index in [1.165, 1.54) is 11.8 Å². The van der Waals surface area contributed by atoms with Crippen LogP contribution < -0.4 is 5.32 Å². The van der Waals surface area contributed by atoms with Crippen LogP contribution in [0.3, 0.4) is 0 Å². The molecule has 8 heteroatoms. The van der Waals surface area contributed by atoms with Crippen LogP contribution in [0.1, 0.15) is 25.0 Å². The number of carbonyl (C=O) groups is 2. The second-order valence-electron chi connectivity index (χ2n) is 6.45. The summed E-state index contributed by atoms with van der Waals surface area (Å²) in [5.41, 5.74) is 1.88. The van der Waals surface area contributed by atoms with Crippen LogP contribution in [0, 0.1) is 0 Å². The molecule has 1 N–H and O–H groups in total. The Morgan fingerprint density at radius 1 is 1.17 bits per heavy atom. The van der Waals surface area contributed by atoms with Crippen molar-refractivity contribution >= 4 is 62.7 Å². The van der Waals surface area contributed by atoms with Crippen molar-refractivity contribution in [2.45, 2.75) is 32.2 Å². The summed E-state index contributed by atoms with van der Waals surface area (Å²) in [6.07, 6.45) is 0. The van der Waals surface area contributed by atoms with Crippen molar-refractivity contribution in [2.75, 3.05) is 12.3 Å². The third kappa shape index (κ3) is 7.52. The second-order valence-corrected chi connectivity index (χ2v) is 9.19. The lowest BCUT2D eigenvalue weighted by Crippen LogP contribution is -2.48. The minimum absolute atomic E-state index is 0.114. The number of nitrogens with zero attached hydrogens (tertiary/aromatic N) is 1. The molecule has 0 fully saturated rings. The molecule has 2 aromatic carbocycles. The molecule has 0 spiro atoms. The first kappa shape index (κ1) is 24.1. The van der Waals surface area contributed by atoms with E-state index in [4.69, 9.17) is 23.2 Å². The van der Waals surface area contributed by atoms with Crippen LogP contribution in [0.25, 0.3) is 0 Å². The Bertz CT molecular complexity index is 849. The quantitative estimate of drug-likeness (QED) is 0.474. The van der Waals surface area contributed by atoms with Crippen LogP contribution in [0.4, 0.5) is 0 Å². The molecule has 0 bridgehead atoms. The maximum absolute atomic E-state index is 13.0. The van der Waals surface area contributed by atoms with E-state index in [0.717, 1.165) is 15.6 Å². The van der Waals surface area contributed by atoms with Gasteiger partial charge in [-0.25, -0.2) is 0 Å². The fraction of sp³-hybridized carbons (Fsp3) is 0.333. The van der Waals surface area contributed by atoms with Gasteiger partial charge < -0.3 is 10.2 Å². The van der Waals surface area contributed by atoms with Gasteiger partial charge in [0.1, 0.15) is 6.04 Å². The average Bonchev–Trinajstić information content (AvgIpc) is 2.68. The van der Waals surface area contributed by atoms with Crippen molar-refractivity contribution in [1.82, 2.24) is 10.2 Å². The summed E-state index contributed by atoms with van der Waals surface area (Å²) in [6, 6.07) is 12.5. The Hall–Kier alpha value is -1.21. The van der Waals surface area contributed by atoms with Crippen molar-refractivity contribution < 1.29 is 9.59 Å². The van der Waals surface area contributed by atoms with Gasteiger partial charge in [0, 0.05) is 33.4 Å². The minimum Gasteiger partial charge on any atom is -0.355 e. The highest BCUT2D eigenvalue weighted by Gasteiger charge is 2.26. The number of hydrogen-bond donors (Lipinski definition) is 1. The number of benzene rings is 2. The van der Waals surface area contributed by atoms with Crippen LogP contribution >= 0.6 is 50.9 Å². The van der Waals surface area contributed by atoms with Crippen molar-refractivity contribution in [3.63, 3.8) is 0 Å². The zero-order valence-corrected chi connectivity index (χ0v) is 20.2. The van der Waals surface area contributed by atoms with Gasteiger partial charge in [0.2, 0.25) is 11.8 Å². The molecule has 1 atom stereocenters. The summed E-state index contributed by atoms with van der Waals surface area (Å²) in [5.74, 6) is 0.676. The molecule has 29 heavy (non-hydrogen) atoms. The summed E-state index contributed by atoms with van der Waals surface area (Å²) in [7, 11) is 0. The Balaban J connectivity index is 2.09. The molecule has 2 amide bonds. The van der Waals surface area contributed by atoms with Gasteiger partial charge in [0.15, 0.2) is 0 Å². The van der Waals surface area contributed by atoms with Gasteiger partial charge in [0.05, 0.1) is 5.75 Å². The highest BCUT2D eigenvalue weighted by molar-refractivity contribution is 9.10. The molecule has 0 aliphatic rings. The maximum atomic E-state index is 13.0. The zero-order valence-electron chi connectivity index (χ0n) is 16.3. The highest BCUT2D eigenvalue weighted by Crippen LogP contribution is 2.24. The molecule has 4 nitrogen and oxygen atoms in total. The van der Waals surface area contributed by atoms with Gasteiger partial charge in [-0.1, -0.05) is 57.3 Å². The number of likely N-dealkylation sites (N-methyl/N-ethyl adjacent to an activating group) is 1. The van der Waals surface area contributed by atoms with E-state index in [9.17, 15) is 9.59 Å². The second kappa shape index (κ2) is 11.8. The third-order valence-electron chi connectivity index (χ3n) is 4.28. The van der Waals surface area contributed by atoms with Gasteiger partial charge in [-0.15, -0.1) is 11.8 Å². The zero-order chi connectivity index (χ0) is 21.4. The van der Waals surface area contributed by atoms with E-state index in [2.05, 4.69) is 21.2 Å². The molecule has 0 aromatic heterocycles. The van der Waals surface area contributed by atoms with E-state index in [0.29, 0.717) is 22.3 Å². The Kier molecular flexibility index (Phi) is 9.83. The molecule has 2 rings (SSSR count). The fourth-order valence-electron chi connectivity index (χ4n) is 2.66. The van der Waals surface area contributed by atoms with Crippen LogP contribution in [-0.4, -0.2) is 35.1 Å². The molecule has 0 saturated heterocycles. The maximum Gasteiger partial charge on any atom is 0.242 e. The van der Waals surface area contributed by atoms with E-state index >= 15 is 0 Å². The molecule has 0 aliphatic carbocycles. The van der Waals surface area contributed by atoms with Crippen molar-refractivity contribution in [2.24, 2.45) is 0 Å². The molecule has 0 radical (unpaired) electrons. The lowest BCUT2D eigenvalue weighted by molar-refractivity contribution is -0.138. The predicted molar refractivity (Wildman–Crippen MR) is 125 cm³/mol. The molecule has 156 valence electrons. The van der Waals surface area contributed by atoms with Crippen LogP contribution in [0.2, 0.25) is 10.0 Å². The number of hydrogen-bond acceptors (Lipinski definition) is 3. The average molecular weight is 518 g/mol. The Morgan fingerprint density at radius 2 is 1.86 bits per heavy atom. The lowest BCUT2D eigenvalue weighted by Gasteiger charge is -2.29. The predicted octanol–water partition coefficient (Wildman–Crippen LogP) is 5.54. The van der Waals surface area contributed by atoms with E-state index in [1.54, 1.807) is 30.0 Å². The number of amides is 2. The minimum atomic E-state index is -0.609. The van der Waals surface area contributed by atoms with E-state index in [-0.39, 0.29) is 24.1 Å². The van der Waals surface area contributed by atoms with Crippen LogP contribution in [0.5, 0.6) is 0 Å². The van der Waals surface area contributed by atoms with Gasteiger partial charge in [-0.05, 0) is 49.2 Å². The summed E-state index contributed by atoms with van der Waals surface area (Å²) < 4.78 is 1.02. The normalized spacial score (nSPS) is 11.8. The molecular weight excluding hydrogens is 495 g/mol. The Labute approximate surface area is 194 Å². The largest absolute Gasteiger partial charge is 0.355 e. The summed E-state index contributed by atoms with van der Waals surface area (Å²) in [6.45, 7) is 4.32. The third-order valence-corrected chi connectivity index (χ3v) is 6.39. The smallest absolute Gasteiger partial charge is 0.242 e. The van der Waals surface area contributed by atoms with Gasteiger partial charge in [-0.2, -0.15) is 0 Å². The van der Waals surface area contributed by atoms with E-state index < -0.39 is 6.04 Å². The first-order chi connectivity index (χ1) is 13.8. The monoisotopic (exact) mass is 516 g/mol. The van der Waals surface area contributed by atoms with Gasteiger partial charge in [0.25, 0.3) is 0 Å². The van der Waals surface area contributed by atoms with Crippen molar-refractivity contribution in [1.29, 1.82) is 0 Å².